The van der Waals surface area contributed by atoms with E-state index >= 15 is 0 Å². The molecule has 24 heavy (non-hydrogen) atoms. The molecule has 132 valence electrons. The summed E-state index contributed by atoms with van der Waals surface area (Å²) in [7, 11) is 0. The molecule has 2 fully saturated rings. The van der Waals surface area contributed by atoms with Gasteiger partial charge in [-0.1, -0.05) is 12.8 Å². The average molecular weight is 333 g/mol. The lowest BCUT2D eigenvalue weighted by Crippen LogP contribution is -2.42. The van der Waals surface area contributed by atoms with Crippen molar-refractivity contribution in [3.05, 3.63) is 30.1 Å². The predicted octanol–water partition coefficient (Wildman–Crippen LogP) is 2.91. The Balaban J connectivity index is 1.42. The van der Waals surface area contributed by atoms with Crippen LogP contribution in [0.15, 0.2) is 24.5 Å². The first kappa shape index (κ1) is 17.2. The van der Waals surface area contributed by atoms with Gasteiger partial charge >= 0.3 is 6.03 Å². The van der Waals surface area contributed by atoms with E-state index in [2.05, 4.69) is 15.6 Å². The number of rotatable bonds is 4. The number of amides is 2. The molecule has 1 aliphatic carbocycles. The Morgan fingerprint density at radius 1 is 1.29 bits per heavy atom. The minimum Gasteiger partial charge on any atom is -0.347 e. The van der Waals surface area contributed by atoms with E-state index in [1.54, 1.807) is 12.4 Å². The fourth-order valence-electron chi connectivity index (χ4n) is 3.44. The third-order valence-corrected chi connectivity index (χ3v) is 4.82. The molecule has 6 heteroatoms. The van der Waals surface area contributed by atoms with Gasteiger partial charge in [-0.2, -0.15) is 0 Å². The summed E-state index contributed by atoms with van der Waals surface area (Å²) in [4.78, 5) is 16.1. The first-order valence-corrected chi connectivity index (χ1v) is 8.93. The maximum atomic E-state index is 12.1. The molecular formula is C18H27N3O3. The van der Waals surface area contributed by atoms with Gasteiger partial charge in [0.25, 0.3) is 0 Å². The first-order valence-electron chi connectivity index (χ1n) is 8.93. The predicted molar refractivity (Wildman–Crippen MR) is 90.4 cm³/mol. The van der Waals surface area contributed by atoms with Crippen molar-refractivity contribution in [2.24, 2.45) is 0 Å². The third kappa shape index (κ3) is 4.45. The van der Waals surface area contributed by atoms with Gasteiger partial charge in [0, 0.05) is 31.8 Å². The fourth-order valence-corrected chi connectivity index (χ4v) is 3.44. The fraction of sp³-hybridized carbons (Fsp3) is 0.667. The number of nitrogens with zero attached hydrogens (tertiary/aromatic N) is 1. The number of carbonyl (C=O) groups is 1. The second-order valence-corrected chi connectivity index (χ2v) is 6.73. The highest BCUT2D eigenvalue weighted by atomic mass is 16.7. The molecule has 1 saturated carbocycles. The minimum absolute atomic E-state index is 0.0647. The van der Waals surface area contributed by atoms with Crippen molar-refractivity contribution < 1.29 is 14.3 Å². The maximum absolute atomic E-state index is 12.1. The van der Waals surface area contributed by atoms with Crippen LogP contribution in [0.2, 0.25) is 0 Å². The molecule has 0 radical (unpaired) electrons. The Hall–Kier alpha value is -1.66. The highest BCUT2D eigenvalue weighted by molar-refractivity contribution is 5.74. The molecular weight excluding hydrogens is 306 g/mol. The molecule has 1 spiro atoms. The Bertz CT molecular complexity index is 530. The highest BCUT2D eigenvalue weighted by Crippen LogP contribution is 2.36. The smallest absolute Gasteiger partial charge is 0.315 e. The molecule has 1 aromatic heterocycles. The van der Waals surface area contributed by atoms with Gasteiger partial charge in [-0.05, 0) is 37.5 Å². The summed E-state index contributed by atoms with van der Waals surface area (Å²) >= 11 is 0. The number of ether oxygens (including phenoxy) is 2. The average Bonchev–Trinajstić information content (AvgIpc) is 2.85. The van der Waals surface area contributed by atoms with Crippen molar-refractivity contribution in [2.45, 2.75) is 63.4 Å². The highest BCUT2D eigenvalue weighted by Gasteiger charge is 2.41. The summed E-state index contributed by atoms with van der Waals surface area (Å²) in [5, 5.41) is 5.82. The summed E-state index contributed by atoms with van der Waals surface area (Å²) in [5.74, 6) is -0.399. The van der Waals surface area contributed by atoms with Gasteiger partial charge in [-0.3, -0.25) is 4.98 Å². The van der Waals surface area contributed by atoms with Gasteiger partial charge in [0.2, 0.25) is 0 Å². The number of carbonyl (C=O) groups excluding carboxylic acids is 1. The summed E-state index contributed by atoms with van der Waals surface area (Å²) < 4.78 is 12.1. The van der Waals surface area contributed by atoms with E-state index in [4.69, 9.17) is 9.47 Å². The lowest BCUT2D eigenvalue weighted by atomic mass is 10.1. The molecule has 0 aromatic carbocycles. The second-order valence-electron chi connectivity index (χ2n) is 6.73. The molecule has 1 saturated heterocycles. The SMILES string of the molecule is C[C@H](NC(=O)NC[C@H]1COC2(CCCCCC2)O1)c1ccncc1. The zero-order valence-corrected chi connectivity index (χ0v) is 14.3. The largest absolute Gasteiger partial charge is 0.347 e. The molecule has 1 aromatic rings. The Morgan fingerprint density at radius 2 is 2.00 bits per heavy atom. The van der Waals surface area contributed by atoms with Crippen LogP contribution < -0.4 is 10.6 Å². The van der Waals surface area contributed by atoms with Crippen molar-refractivity contribution in [1.29, 1.82) is 0 Å². The molecule has 0 unspecified atom stereocenters. The van der Waals surface area contributed by atoms with Crippen LogP contribution in [0.4, 0.5) is 4.79 Å². The van der Waals surface area contributed by atoms with Crippen molar-refractivity contribution in [3.63, 3.8) is 0 Å². The van der Waals surface area contributed by atoms with Crippen LogP contribution >= 0.6 is 0 Å². The number of aromatic nitrogens is 1. The van der Waals surface area contributed by atoms with Crippen LogP contribution in [-0.4, -0.2) is 36.1 Å². The van der Waals surface area contributed by atoms with E-state index in [1.807, 2.05) is 19.1 Å². The van der Waals surface area contributed by atoms with Gasteiger partial charge in [0.1, 0.15) is 6.10 Å². The van der Waals surface area contributed by atoms with Crippen molar-refractivity contribution in [2.75, 3.05) is 13.2 Å². The molecule has 2 N–H and O–H groups in total. The van der Waals surface area contributed by atoms with Gasteiger partial charge < -0.3 is 20.1 Å². The zero-order chi connectivity index (χ0) is 16.8. The van der Waals surface area contributed by atoms with E-state index in [0.29, 0.717) is 13.2 Å². The van der Waals surface area contributed by atoms with Gasteiger partial charge in [0.15, 0.2) is 5.79 Å². The van der Waals surface area contributed by atoms with Crippen molar-refractivity contribution >= 4 is 6.03 Å². The summed E-state index contributed by atoms with van der Waals surface area (Å²) in [6, 6.07) is 3.54. The van der Waals surface area contributed by atoms with Gasteiger partial charge in [-0.15, -0.1) is 0 Å². The van der Waals surface area contributed by atoms with Crippen LogP contribution in [0.3, 0.4) is 0 Å². The number of urea groups is 1. The first-order chi connectivity index (χ1) is 11.7. The van der Waals surface area contributed by atoms with Crippen LogP contribution in [0, 0.1) is 0 Å². The molecule has 1 aliphatic heterocycles. The Labute approximate surface area is 143 Å². The molecule has 2 atom stereocenters. The summed E-state index contributed by atoms with van der Waals surface area (Å²) in [6.45, 7) is 2.97. The van der Waals surface area contributed by atoms with Crippen LogP contribution in [0.1, 0.15) is 57.1 Å². The lowest BCUT2D eigenvalue weighted by Gasteiger charge is -2.26. The molecule has 2 amide bonds. The Morgan fingerprint density at radius 3 is 2.71 bits per heavy atom. The molecule has 3 rings (SSSR count). The molecule has 2 aliphatic rings. The standard InChI is InChI=1S/C18H27N3O3/c1-14(15-6-10-19-11-7-15)21-17(22)20-12-16-13-23-18(24-16)8-4-2-3-5-9-18/h6-7,10-11,14,16H,2-5,8-9,12-13H2,1H3,(H2,20,21,22)/t14-,16-/m0/s1. The normalized spacial score (nSPS) is 24.3. The van der Waals surface area contributed by atoms with E-state index in [-0.39, 0.29) is 18.2 Å². The molecule has 2 heterocycles. The monoisotopic (exact) mass is 333 g/mol. The third-order valence-electron chi connectivity index (χ3n) is 4.82. The van der Waals surface area contributed by atoms with Crippen molar-refractivity contribution in [1.82, 2.24) is 15.6 Å². The Kier molecular flexibility index (Phi) is 5.68. The molecule has 6 nitrogen and oxygen atoms in total. The topological polar surface area (TPSA) is 72.5 Å². The summed E-state index contributed by atoms with van der Waals surface area (Å²) in [6.07, 6.45) is 10.1. The van der Waals surface area contributed by atoms with Crippen LogP contribution in [0.5, 0.6) is 0 Å². The van der Waals surface area contributed by atoms with E-state index < -0.39 is 5.79 Å². The maximum Gasteiger partial charge on any atom is 0.315 e. The zero-order valence-electron chi connectivity index (χ0n) is 14.3. The number of nitrogens with one attached hydrogen (secondary N) is 2. The number of pyridine rings is 1. The van der Waals surface area contributed by atoms with Crippen LogP contribution in [-0.2, 0) is 9.47 Å². The minimum atomic E-state index is -0.399. The molecule has 0 bridgehead atoms. The quantitative estimate of drug-likeness (QED) is 0.889. The lowest BCUT2D eigenvalue weighted by molar-refractivity contribution is -0.175. The van der Waals surface area contributed by atoms with Gasteiger partial charge in [-0.25, -0.2) is 4.79 Å². The van der Waals surface area contributed by atoms with E-state index in [9.17, 15) is 4.79 Å². The van der Waals surface area contributed by atoms with E-state index in [1.165, 1.54) is 12.8 Å². The second kappa shape index (κ2) is 7.94. The van der Waals surface area contributed by atoms with Crippen molar-refractivity contribution in [3.8, 4) is 0 Å². The van der Waals surface area contributed by atoms with Crippen LogP contribution in [0.25, 0.3) is 0 Å². The number of hydrogen-bond donors (Lipinski definition) is 2. The van der Waals surface area contributed by atoms with E-state index in [0.717, 1.165) is 31.2 Å². The van der Waals surface area contributed by atoms with Gasteiger partial charge in [0.05, 0.1) is 12.6 Å². The summed E-state index contributed by atoms with van der Waals surface area (Å²) in [5.41, 5.74) is 1.03. The number of hydrogen-bond acceptors (Lipinski definition) is 4.